The van der Waals surface area contributed by atoms with Gasteiger partial charge in [0.1, 0.15) is 11.3 Å². The molecular weight excluding hydrogens is 240 g/mol. The van der Waals surface area contributed by atoms with E-state index < -0.39 is 0 Å². The fourth-order valence-electron chi connectivity index (χ4n) is 2.56. The average molecular weight is 260 g/mol. The van der Waals surface area contributed by atoms with Gasteiger partial charge in [-0.15, -0.1) is 0 Å². The standard InChI is InChI=1S/C15H20N2O2/c1-10-3-4-12-11(7-10)8-13(19-12)15(16)14-9-17(2)5-6-18-14/h3-4,7-8,14-15H,5-6,9,16H2,1-2H3. The lowest BCUT2D eigenvalue weighted by atomic mass is 10.1. The number of ether oxygens (including phenoxy) is 1. The van der Waals surface area contributed by atoms with E-state index in [9.17, 15) is 0 Å². The monoisotopic (exact) mass is 260 g/mol. The van der Waals surface area contributed by atoms with Crippen molar-refractivity contribution in [1.82, 2.24) is 4.90 Å². The molecule has 0 radical (unpaired) electrons. The van der Waals surface area contributed by atoms with Crippen LogP contribution in [0.4, 0.5) is 0 Å². The number of nitrogens with zero attached hydrogens (tertiary/aromatic N) is 1. The molecule has 0 aliphatic carbocycles. The van der Waals surface area contributed by atoms with Crippen LogP contribution in [0.15, 0.2) is 28.7 Å². The van der Waals surface area contributed by atoms with Crippen LogP contribution in [0.2, 0.25) is 0 Å². The molecule has 2 heterocycles. The van der Waals surface area contributed by atoms with Crippen molar-refractivity contribution in [2.75, 3.05) is 26.7 Å². The molecule has 0 bridgehead atoms. The van der Waals surface area contributed by atoms with Crippen molar-refractivity contribution < 1.29 is 9.15 Å². The van der Waals surface area contributed by atoms with Gasteiger partial charge < -0.3 is 19.8 Å². The predicted octanol–water partition coefficient (Wildman–Crippen LogP) is 2.07. The second-order valence-electron chi connectivity index (χ2n) is 5.39. The van der Waals surface area contributed by atoms with Gasteiger partial charge in [0.05, 0.1) is 18.8 Å². The molecule has 1 saturated heterocycles. The SMILES string of the molecule is Cc1ccc2oc(C(N)C3CN(C)CCO3)cc2c1. The summed E-state index contributed by atoms with van der Waals surface area (Å²) >= 11 is 0. The molecule has 1 aromatic heterocycles. The Labute approximate surface area is 113 Å². The van der Waals surface area contributed by atoms with E-state index in [0.29, 0.717) is 0 Å². The van der Waals surface area contributed by atoms with Crippen LogP contribution < -0.4 is 5.73 Å². The zero-order chi connectivity index (χ0) is 13.4. The summed E-state index contributed by atoms with van der Waals surface area (Å²) in [7, 11) is 2.09. The molecule has 1 aliphatic heterocycles. The molecular formula is C15H20N2O2. The van der Waals surface area contributed by atoms with Crippen molar-refractivity contribution in [3.63, 3.8) is 0 Å². The van der Waals surface area contributed by atoms with Crippen LogP contribution in [0.25, 0.3) is 11.0 Å². The molecule has 0 spiro atoms. The number of hydrogen-bond donors (Lipinski definition) is 1. The lowest BCUT2D eigenvalue weighted by molar-refractivity contribution is -0.0354. The maximum atomic E-state index is 6.29. The molecule has 2 atom stereocenters. The van der Waals surface area contributed by atoms with Gasteiger partial charge in [-0.2, -0.15) is 0 Å². The number of nitrogens with two attached hydrogens (primary N) is 1. The molecule has 2 aromatic rings. The molecule has 3 rings (SSSR count). The van der Waals surface area contributed by atoms with Crippen molar-refractivity contribution in [2.24, 2.45) is 5.73 Å². The van der Waals surface area contributed by atoms with E-state index >= 15 is 0 Å². The van der Waals surface area contributed by atoms with Crippen LogP contribution in [0.5, 0.6) is 0 Å². The Hall–Kier alpha value is -1.36. The van der Waals surface area contributed by atoms with E-state index in [1.807, 2.05) is 18.2 Å². The molecule has 102 valence electrons. The van der Waals surface area contributed by atoms with E-state index in [4.69, 9.17) is 14.9 Å². The van der Waals surface area contributed by atoms with Crippen LogP contribution in [-0.2, 0) is 4.74 Å². The zero-order valence-electron chi connectivity index (χ0n) is 11.4. The third kappa shape index (κ3) is 2.52. The second-order valence-corrected chi connectivity index (χ2v) is 5.39. The molecule has 2 N–H and O–H groups in total. The summed E-state index contributed by atoms with van der Waals surface area (Å²) in [5.74, 6) is 0.806. The first-order chi connectivity index (χ1) is 9.13. The highest BCUT2D eigenvalue weighted by Crippen LogP contribution is 2.27. The first-order valence-electron chi connectivity index (χ1n) is 6.69. The van der Waals surface area contributed by atoms with Crippen molar-refractivity contribution in [3.05, 3.63) is 35.6 Å². The quantitative estimate of drug-likeness (QED) is 0.898. The lowest BCUT2D eigenvalue weighted by Crippen LogP contribution is -2.45. The summed E-state index contributed by atoms with van der Waals surface area (Å²) < 4.78 is 11.6. The van der Waals surface area contributed by atoms with Crippen molar-refractivity contribution in [2.45, 2.75) is 19.1 Å². The fourth-order valence-corrected chi connectivity index (χ4v) is 2.56. The number of likely N-dealkylation sites (N-methyl/N-ethyl adjacent to an activating group) is 1. The number of hydrogen-bond acceptors (Lipinski definition) is 4. The van der Waals surface area contributed by atoms with Gasteiger partial charge >= 0.3 is 0 Å². The summed E-state index contributed by atoms with van der Waals surface area (Å²) in [6, 6.07) is 7.98. The van der Waals surface area contributed by atoms with Gasteiger partial charge in [0.25, 0.3) is 0 Å². The van der Waals surface area contributed by atoms with Crippen LogP contribution in [-0.4, -0.2) is 37.7 Å². The van der Waals surface area contributed by atoms with Gasteiger partial charge in [-0.05, 0) is 32.2 Å². The topological polar surface area (TPSA) is 51.6 Å². The number of aryl methyl sites for hydroxylation is 1. The molecule has 1 aliphatic rings. The number of morpholine rings is 1. The van der Waals surface area contributed by atoms with Gasteiger partial charge in [-0.25, -0.2) is 0 Å². The number of benzene rings is 1. The molecule has 4 heteroatoms. The van der Waals surface area contributed by atoms with Crippen molar-refractivity contribution in [1.29, 1.82) is 0 Å². The molecule has 0 amide bonds. The third-order valence-electron chi connectivity index (χ3n) is 3.72. The smallest absolute Gasteiger partial charge is 0.134 e. The normalized spacial score (nSPS) is 22.8. The summed E-state index contributed by atoms with van der Waals surface area (Å²) in [4.78, 5) is 2.24. The maximum Gasteiger partial charge on any atom is 0.134 e. The number of furan rings is 1. The largest absolute Gasteiger partial charge is 0.459 e. The van der Waals surface area contributed by atoms with E-state index in [-0.39, 0.29) is 12.1 Å². The summed E-state index contributed by atoms with van der Waals surface area (Å²) in [5, 5.41) is 1.11. The van der Waals surface area contributed by atoms with E-state index in [1.165, 1.54) is 5.56 Å². The Bertz CT molecular complexity index is 579. The van der Waals surface area contributed by atoms with Gasteiger partial charge in [0.15, 0.2) is 0 Å². The van der Waals surface area contributed by atoms with Crippen LogP contribution in [0, 0.1) is 6.92 Å². The minimum absolute atomic E-state index is 0.000379. The molecule has 2 unspecified atom stereocenters. The fraction of sp³-hybridized carbons (Fsp3) is 0.467. The Kier molecular flexibility index (Phi) is 3.31. The number of fused-ring (bicyclic) bond motifs is 1. The van der Waals surface area contributed by atoms with E-state index in [2.05, 4.69) is 24.9 Å². The van der Waals surface area contributed by atoms with Crippen LogP contribution in [0.3, 0.4) is 0 Å². The molecule has 1 aromatic carbocycles. The predicted molar refractivity (Wildman–Crippen MR) is 75.1 cm³/mol. The summed E-state index contributed by atoms with van der Waals surface area (Å²) in [5.41, 5.74) is 8.40. The highest BCUT2D eigenvalue weighted by molar-refractivity contribution is 5.78. The second kappa shape index (κ2) is 4.96. The highest BCUT2D eigenvalue weighted by Gasteiger charge is 2.27. The van der Waals surface area contributed by atoms with Gasteiger partial charge in [0.2, 0.25) is 0 Å². The Morgan fingerprint density at radius 2 is 2.21 bits per heavy atom. The Morgan fingerprint density at radius 3 is 3.00 bits per heavy atom. The first kappa shape index (κ1) is 12.7. The van der Waals surface area contributed by atoms with Gasteiger partial charge in [0, 0.05) is 18.5 Å². The Morgan fingerprint density at radius 1 is 1.37 bits per heavy atom. The minimum Gasteiger partial charge on any atom is -0.459 e. The number of rotatable bonds is 2. The van der Waals surface area contributed by atoms with E-state index in [0.717, 1.165) is 36.4 Å². The zero-order valence-corrected chi connectivity index (χ0v) is 11.4. The van der Waals surface area contributed by atoms with Gasteiger partial charge in [-0.1, -0.05) is 11.6 Å². The van der Waals surface area contributed by atoms with Crippen LogP contribution >= 0.6 is 0 Å². The maximum absolute atomic E-state index is 6.29. The summed E-state index contributed by atoms with van der Waals surface area (Å²) in [6.07, 6.45) is 0.000379. The third-order valence-corrected chi connectivity index (χ3v) is 3.72. The van der Waals surface area contributed by atoms with Crippen LogP contribution in [0.1, 0.15) is 17.4 Å². The minimum atomic E-state index is -0.213. The molecule has 0 saturated carbocycles. The molecule has 4 nitrogen and oxygen atoms in total. The molecule has 1 fully saturated rings. The molecule has 19 heavy (non-hydrogen) atoms. The Balaban J connectivity index is 1.86. The van der Waals surface area contributed by atoms with E-state index in [1.54, 1.807) is 0 Å². The summed E-state index contributed by atoms with van der Waals surface area (Å²) in [6.45, 7) is 4.61. The first-order valence-corrected chi connectivity index (χ1v) is 6.69. The lowest BCUT2D eigenvalue weighted by Gasteiger charge is -2.32. The average Bonchev–Trinajstić information content (AvgIpc) is 2.80. The highest BCUT2D eigenvalue weighted by atomic mass is 16.5. The van der Waals surface area contributed by atoms with Crippen molar-refractivity contribution >= 4 is 11.0 Å². The van der Waals surface area contributed by atoms with Gasteiger partial charge in [-0.3, -0.25) is 0 Å². The van der Waals surface area contributed by atoms with Crippen molar-refractivity contribution in [3.8, 4) is 0 Å².